The van der Waals surface area contributed by atoms with Crippen molar-refractivity contribution < 1.29 is 5.11 Å². The first kappa shape index (κ1) is 17.1. The lowest BCUT2D eigenvalue weighted by atomic mass is 9.92. The third-order valence-electron chi connectivity index (χ3n) is 2.80. The minimum absolute atomic E-state index is 0.245. The van der Waals surface area contributed by atoms with Crippen LogP contribution in [0.15, 0.2) is 18.3 Å². The number of hydrogen-bond acceptors (Lipinski definition) is 3. The van der Waals surface area contributed by atoms with Crippen LogP contribution in [0.4, 0.5) is 0 Å². The molecule has 1 aromatic rings. The number of aliphatic hydroxyl groups excluding tert-OH is 1. The molecule has 0 radical (unpaired) electrons. The molecule has 1 N–H and O–H groups in total. The zero-order valence-corrected chi connectivity index (χ0v) is 12.5. The van der Waals surface area contributed by atoms with Gasteiger partial charge in [0.25, 0.3) is 0 Å². The molecule has 104 valence electrons. The van der Waals surface area contributed by atoms with Crippen molar-refractivity contribution in [2.75, 3.05) is 20.7 Å². The predicted octanol–water partition coefficient (Wildman–Crippen LogP) is 3.05. The standard InChI is InChI=1S/C13H22N2O.C2H6/c1-4-11(7-9-16)12-6-5-8-14-13(12)10-15(2)3;1-2/h5-6,8,11,16H,4,7,9-10H2,1-3H3;1-2H3. The molecule has 0 amide bonds. The summed E-state index contributed by atoms with van der Waals surface area (Å²) in [5, 5.41) is 9.07. The van der Waals surface area contributed by atoms with Crippen molar-refractivity contribution in [1.29, 1.82) is 0 Å². The lowest BCUT2D eigenvalue weighted by Gasteiger charge is -2.19. The smallest absolute Gasteiger partial charge is 0.0578 e. The normalized spacial score (nSPS) is 11.9. The zero-order chi connectivity index (χ0) is 14.0. The van der Waals surface area contributed by atoms with Gasteiger partial charge in [-0.1, -0.05) is 26.8 Å². The first-order chi connectivity index (χ1) is 8.69. The molecule has 0 bridgehead atoms. The summed E-state index contributed by atoms with van der Waals surface area (Å²) in [7, 11) is 4.09. The van der Waals surface area contributed by atoms with Crippen molar-refractivity contribution in [3.05, 3.63) is 29.6 Å². The first-order valence-corrected chi connectivity index (χ1v) is 6.88. The van der Waals surface area contributed by atoms with Gasteiger partial charge in [0.2, 0.25) is 0 Å². The maximum Gasteiger partial charge on any atom is 0.0578 e. The molecule has 0 aliphatic heterocycles. The molecule has 3 nitrogen and oxygen atoms in total. The van der Waals surface area contributed by atoms with Crippen LogP contribution in [-0.2, 0) is 6.54 Å². The van der Waals surface area contributed by atoms with E-state index in [1.165, 1.54) is 5.56 Å². The molecule has 0 saturated heterocycles. The lowest BCUT2D eigenvalue weighted by Crippen LogP contribution is -2.15. The lowest BCUT2D eigenvalue weighted by molar-refractivity contribution is 0.273. The third-order valence-corrected chi connectivity index (χ3v) is 2.80. The van der Waals surface area contributed by atoms with E-state index < -0.39 is 0 Å². The fraction of sp³-hybridized carbons (Fsp3) is 0.667. The summed E-state index contributed by atoms with van der Waals surface area (Å²) in [5.74, 6) is 0.425. The molecule has 0 saturated carbocycles. The van der Waals surface area contributed by atoms with E-state index in [0.717, 1.165) is 25.1 Å². The second-order valence-electron chi connectivity index (χ2n) is 4.39. The average Bonchev–Trinajstić information content (AvgIpc) is 2.39. The minimum atomic E-state index is 0.245. The molecule has 0 spiro atoms. The SMILES string of the molecule is CC.CCC(CCO)c1cccnc1CN(C)C. The van der Waals surface area contributed by atoms with Crippen molar-refractivity contribution in [2.45, 2.75) is 46.1 Å². The van der Waals surface area contributed by atoms with Gasteiger partial charge in [-0.15, -0.1) is 0 Å². The summed E-state index contributed by atoms with van der Waals surface area (Å²) in [4.78, 5) is 6.57. The molecule has 1 atom stereocenters. The van der Waals surface area contributed by atoms with Crippen molar-refractivity contribution in [2.24, 2.45) is 0 Å². The fourth-order valence-electron chi connectivity index (χ4n) is 1.99. The maximum absolute atomic E-state index is 9.07. The highest BCUT2D eigenvalue weighted by atomic mass is 16.3. The van der Waals surface area contributed by atoms with Crippen LogP contribution in [-0.4, -0.2) is 35.7 Å². The largest absolute Gasteiger partial charge is 0.396 e. The zero-order valence-electron chi connectivity index (χ0n) is 12.5. The van der Waals surface area contributed by atoms with E-state index in [4.69, 9.17) is 5.11 Å². The Morgan fingerprint density at radius 3 is 2.50 bits per heavy atom. The molecule has 0 fully saturated rings. The van der Waals surface area contributed by atoms with Crippen LogP contribution in [0, 0.1) is 0 Å². The average molecular weight is 252 g/mol. The summed E-state index contributed by atoms with van der Waals surface area (Å²) >= 11 is 0. The third kappa shape index (κ3) is 5.61. The number of aromatic nitrogens is 1. The highest BCUT2D eigenvalue weighted by Gasteiger charge is 2.14. The number of nitrogens with zero attached hydrogens (tertiary/aromatic N) is 2. The van der Waals surface area contributed by atoms with Gasteiger partial charge < -0.3 is 10.0 Å². The quantitative estimate of drug-likeness (QED) is 0.845. The van der Waals surface area contributed by atoms with Crippen LogP contribution in [0.5, 0.6) is 0 Å². The summed E-state index contributed by atoms with van der Waals surface area (Å²) in [6, 6.07) is 4.12. The predicted molar refractivity (Wildman–Crippen MR) is 77.7 cm³/mol. The topological polar surface area (TPSA) is 36.4 Å². The van der Waals surface area contributed by atoms with E-state index in [1.54, 1.807) is 0 Å². The minimum Gasteiger partial charge on any atom is -0.396 e. The Labute approximate surface area is 112 Å². The van der Waals surface area contributed by atoms with Gasteiger partial charge in [0, 0.05) is 19.3 Å². The van der Waals surface area contributed by atoms with Crippen LogP contribution in [0.1, 0.15) is 50.8 Å². The van der Waals surface area contributed by atoms with Gasteiger partial charge >= 0.3 is 0 Å². The fourth-order valence-corrected chi connectivity index (χ4v) is 1.99. The van der Waals surface area contributed by atoms with Gasteiger partial charge in [0.05, 0.1) is 5.69 Å². The van der Waals surface area contributed by atoms with Crippen molar-refractivity contribution in [3.8, 4) is 0 Å². The van der Waals surface area contributed by atoms with Crippen LogP contribution >= 0.6 is 0 Å². The molecular weight excluding hydrogens is 224 g/mol. The van der Waals surface area contributed by atoms with Crippen molar-refractivity contribution >= 4 is 0 Å². The van der Waals surface area contributed by atoms with Gasteiger partial charge in [0.1, 0.15) is 0 Å². The van der Waals surface area contributed by atoms with E-state index in [0.29, 0.717) is 5.92 Å². The monoisotopic (exact) mass is 252 g/mol. The van der Waals surface area contributed by atoms with Crippen LogP contribution < -0.4 is 0 Å². The highest BCUT2D eigenvalue weighted by Crippen LogP contribution is 2.25. The summed E-state index contributed by atoms with van der Waals surface area (Å²) in [6.45, 7) is 7.26. The molecule has 3 heteroatoms. The van der Waals surface area contributed by atoms with Crippen LogP contribution in [0.3, 0.4) is 0 Å². The number of hydrogen-bond donors (Lipinski definition) is 1. The number of pyridine rings is 1. The molecule has 1 unspecified atom stereocenters. The molecular formula is C15H28N2O. The maximum atomic E-state index is 9.07. The van der Waals surface area contributed by atoms with Crippen molar-refractivity contribution in [1.82, 2.24) is 9.88 Å². The molecule has 0 aliphatic carbocycles. The van der Waals surface area contributed by atoms with Crippen molar-refractivity contribution in [3.63, 3.8) is 0 Å². The molecule has 0 aliphatic rings. The molecule has 0 aromatic carbocycles. The Morgan fingerprint density at radius 1 is 1.33 bits per heavy atom. The van der Waals surface area contributed by atoms with E-state index in [-0.39, 0.29) is 6.61 Å². The van der Waals surface area contributed by atoms with Gasteiger partial charge in [-0.3, -0.25) is 4.98 Å². The molecule has 1 rings (SSSR count). The second-order valence-corrected chi connectivity index (χ2v) is 4.39. The van der Waals surface area contributed by atoms with E-state index in [2.05, 4.69) is 22.9 Å². The Hall–Kier alpha value is -0.930. The van der Waals surface area contributed by atoms with E-state index in [1.807, 2.05) is 40.2 Å². The summed E-state index contributed by atoms with van der Waals surface area (Å²) in [6.07, 6.45) is 3.71. The highest BCUT2D eigenvalue weighted by molar-refractivity contribution is 5.24. The molecule has 1 heterocycles. The number of aliphatic hydroxyl groups is 1. The Kier molecular flexibility index (Phi) is 9.52. The Bertz CT molecular complexity index is 313. The van der Waals surface area contributed by atoms with Gasteiger partial charge in [-0.25, -0.2) is 0 Å². The summed E-state index contributed by atoms with van der Waals surface area (Å²) in [5.41, 5.74) is 2.42. The Morgan fingerprint density at radius 2 is 2.00 bits per heavy atom. The van der Waals surface area contributed by atoms with Crippen LogP contribution in [0.25, 0.3) is 0 Å². The van der Waals surface area contributed by atoms with Crippen LogP contribution in [0.2, 0.25) is 0 Å². The van der Waals surface area contributed by atoms with Gasteiger partial charge in [-0.2, -0.15) is 0 Å². The second kappa shape index (κ2) is 10.0. The molecule has 1 aromatic heterocycles. The number of rotatable bonds is 6. The van der Waals surface area contributed by atoms with E-state index in [9.17, 15) is 0 Å². The van der Waals surface area contributed by atoms with Gasteiger partial charge in [0.15, 0.2) is 0 Å². The van der Waals surface area contributed by atoms with E-state index >= 15 is 0 Å². The Balaban J connectivity index is 0.00000137. The summed E-state index contributed by atoms with van der Waals surface area (Å²) < 4.78 is 0. The van der Waals surface area contributed by atoms with Gasteiger partial charge in [-0.05, 0) is 44.5 Å². The molecule has 18 heavy (non-hydrogen) atoms. The first-order valence-electron chi connectivity index (χ1n) is 6.88.